The molecule has 0 aliphatic heterocycles. The molecule has 2 rings (SSSR count). The summed E-state index contributed by atoms with van der Waals surface area (Å²) in [4.78, 5) is 14.9. The summed E-state index contributed by atoms with van der Waals surface area (Å²) >= 11 is 6.79. The van der Waals surface area contributed by atoms with Crippen molar-refractivity contribution in [2.45, 2.75) is 6.92 Å². The topological polar surface area (TPSA) is 42.0 Å². The Balaban J connectivity index is 2.45. The third kappa shape index (κ3) is 1.86. The molecule has 0 unspecified atom stereocenters. The predicted molar refractivity (Wildman–Crippen MR) is 59.2 cm³/mol. The van der Waals surface area contributed by atoms with E-state index in [2.05, 4.69) is 10.3 Å². The van der Waals surface area contributed by atoms with E-state index < -0.39 is 5.37 Å². The smallest absolute Gasteiger partial charge is 0.312 e. The number of fused-ring (bicyclic) bond motifs is 1. The number of aromatic nitrogens is 1. The van der Waals surface area contributed by atoms with Gasteiger partial charge in [0.25, 0.3) is 0 Å². The lowest BCUT2D eigenvalue weighted by Crippen LogP contribution is -1.99. The van der Waals surface area contributed by atoms with Crippen molar-refractivity contribution in [3.63, 3.8) is 0 Å². The van der Waals surface area contributed by atoms with Crippen molar-refractivity contribution in [1.82, 2.24) is 4.98 Å². The Morgan fingerprint density at radius 2 is 2.36 bits per heavy atom. The van der Waals surface area contributed by atoms with Crippen LogP contribution in [0.25, 0.3) is 10.2 Å². The van der Waals surface area contributed by atoms with Crippen LogP contribution in [0.3, 0.4) is 0 Å². The highest BCUT2D eigenvalue weighted by Gasteiger charge is 2.02. The molecule has 1 heterocycles. The van der Waals surface area contributed by atoms with Gasteiger partial charge in [0.05, 0.1) is 15.2 Å². The third-order valence-corrected chi connectivity index (χ3v) is 2.77. The number of carbonyl (C=O) groups excluding carboxylic acids is 1. The van der Waals surface area contributed by atoms with E-state index in [4.69, 9.17) is 11.6 Å². The van der Waals surface area contributed by atoms with E-state index in [0.29, 0.717) is 5.69 Å². The van der Waals surface area contributed by atoms with E-state index in [-0.39, 0.29) is 0 Å². The quantitative estimate of drug-likeness (QED) is 0.598. The van der Waals surface area contributed by atoms with E-state index in [0.717, 1.165) is 15.2 Å². The van der Waals surface area contributed by atoms with Gasteiger partial charge in [-0.05, 0) is 36.7 Å². The van der Waals surface area contributed by atoms with Gasteiger partial charge in [-0.3, -0.25) is 4.79 Å². The van der Waals surface area contributed by atoms with Crippen molar-refractivity contribution in [2.24, 2.45) is 0 Å². The molecule has 0 saturated carbocycles. The zero-order valence-corrected chi connectivity index (χ0v) is 8.95. The minimum atomic E-state index is -0.578. The Kier molecular flexibility index (Phi) is 2.39. The molecule has 0 bridgehead atoms. The van der Waals surface area contributed by atoms with Crippen LogP contribution in [-0.4, -0.2) is 10.4 Å². The van der Waals surface area contributed by atoms with Crippen LogP contribution >= 0.6 is 22.9 Å². The van der Waals surface area contributed by atoms with Crippen LogP contribution in [0.2, 0.25) is 0 Å². The number of anilines is 1. The second-order valence-electron chi connectivity index (χ2n) is 2.81. The van der Waals surface area contributed by atoms with Crippen molar-refractivity contribution in [2.75, 3.05) is 5.32 Å². The third-order valence-electron chi connectivity index (χ3n) is 1.74. The first-order valence-corrected chi connectivity index (χ1v) is 5.18. The summed E-state index contributed by atoms with van der Waals surface area (Å²) in [5.41, 5.74) is 1.64. The molecule has 14 heavy (non-hydrogen) atoms. The number of thiazole rings is 1. The number of hydrogen-bond donors (Lipinski definition) is 1. The van der Waals surface area contributed by atoms with Gasteiger partial charge in [0.1, 0.15) is 0 Å². The highest BCUT2D eigenvalue weighted by atomic mass is 35.5. The van der Waals surface area contributed by atoms with Crippen molar-refractivity contribution in [3.8, 4) is 0 Å². The number of amides is 1. The first-order valence-electron chi connectivity index (χ1n) is 3.99. The van der Waals surface area contributed by atoms with Gasteiger partial charge in [-0.15, -0.1) is 11.3 Å². The normalized spacial score (nSPS) is 10.4. The number of nitrogens with zero attached hydrogens (tertiary/aromatic N) is 1. The van der Waals surface area contributed by atoms with Gasteiger partial charge in [-0.1, -0.05) is 0 Å². The van der Waals surface area contributed by atoms with E-state index in [1.165, 1.54) is 0 Å². The molecule has 1 aromatic carbocycles. The molecule has 0 radical (unpaired) electrons. The van der Waals surface area contributed by atoms with Gasteiger partial charge in [0.2, 0.25) is 0 Å². The lowest BCUT2D eigenvalue weighted by molar-refractivity contribution is 0.269. The number of hydrogen-bond acceptors (Lipinski definition) is 3. The van der Waals surface area contributed by atoms with Gasteiger partial charge in [0, 0.05) is 5.69 Å². The Morgan fingerprint density at radius 1 is 1.57 bits per heavy atom. The molecule has 0 spiro atoms. The van der Waals surface area contributed by atoms with Crippen molar-refractivity contribution in [1.29, 1.82) is 0 Å². The molecule has 1 amide bonds. The summed E-state index contributed by atoms with van der Waals surface area (Å²) in [7, 11) is 0. The summed E-state index contributed by atoms with van der Waals surface area (Å²) in [6.45, 7) is 1.95. The van der Waals surface area contributed by atoms with Gasteiger partial charge < -0.3 is 5.32 Å². The number of benzene rings is 1. The number of aryl methyl sites for hydroxylation is 1. The number of rotatable bonds is 1. The van der Waals surface area contributed by atoms with Gasteiger partial charge in [-0.25, -0.2) is 4.98 Å². The van der Waals surface area contributed by atoms with Crippen molar-refractivity contribution >= 4 is 44.2 Å². The van der Waals surface area contributed by atoms with Crippen LogP contribution in [0.5, 0.6) is 0 Å². The zero-order chi connectivity index (χ0) is 10.1. The fraction of sp³-hybridized carbons (Fsp3) is 0.111. The second kappa shape index (κ2) is 3.55. The summed E-state index contributed by atoms with van der Waals surface area (Å²) in [6.07, 6.45) is 0. The van der Waals surface area contributed by atoms with Crippen LogP contribution in [0.4, 0.5) is 10.5 Å². The summed E-state index contributed by atoms with van der Waals surface area (Å²) in [5.74, 6) is 0. The van der Waals surface area contributed by atoms with Gasteiger partial charge in [-0.2, -0.15) is 0 Å². The van der Waals surface area contributed by atoms with E-state index in [9.17, 15) is 4.79 Å². The Hall–Kier alpha value is -1.13. The molecule has 0 saturated heterocycles. The highest BCUT2D eigenvalue weighted by Crippen LogP contribution is 2.24. The van der Waals surface area contributed by atoms with Crippen LogP contribution in [0, 0.1) is 6.92 Å². The SMILES string of the molecule is Cc1nc2ccc(NC(=O)Cl)cc2s1. The molecule has 3 nitrogen and oxygen atoms in total. The average Bonchev–Trinajstić information content (AvgIpc) is 2.42. The zero-order valence-electron chi connectivity index (χ0n) is 7.37. The van der Waals surface area contributed by atoms with E-state index in [1.807, 2.05) is 19.1 Å². The average molecular weight is 227 g/mol. The monoisotopic (exact) mass is 226 g/mol. The summed E-state index contributed by atoms with van der Waals surface area (Å²) < 4.78 is 1.05. The van der Waals surface area contributed by atoms with E-state index in [1.54, 1.807) is 17.4 Å². The highest BCUT2D eigenvalue weighted by molar-refractivity contribution is 7.18. The second-order valence-corrected chi connectivity index (χ2v) is 4.39. The maximum atomic E-state index is 10.6. The predicted octanol–water partition coefficient (Wildman–Crippen LogP) is 3.38. The van der Waals surface area contributed by atoms with Crippen LogP contribution < -0.4 is 5.32 Å². The van der Waals surface area contributed by atoms with Crippen LogP contribution in [0.1, 0.15) is 5.01 Å². The molecule has 0 atom stereocenters. The van der Waals surface area contributed by atoms with Gasteiger partial charge >= 0.3 is 5.37 Å². The molecule has 2 aromatic rings. The fourth-order valence-electron chi connectivity index (χ4n) is 1.23. The maximum Gasteiger partial charge on any atom is 0.318 e. The standard InChI is InChI=1S/C9H7ClN2OS/c1-5-11-7-3-2-6(12-9(10)13)4-8(7)14-5/h2-4H,1H3,(H,12,13). The van der Waals surface area contributed by atoms with Crippen LogP contribution in [0.15, 0.2) is 18.2 Å². The summed E-state index contributed by atoms with van der Waals surface area (Å²) in [5, 5.41) is 2.94. The van der Waals surface area contributed by atoms with Crippen LogP contribution in [-0.2, 0) is 0 Å². The largest absolute Gasteiger partial charge is 0.318 e. The molecule has 72 valence electrons. The maximum absolute atomic E-state index is 10.6. The molecule has 0 aliphatic carbocycles. The Labute approximate surface area is 89.7 Å². The molecular formula is C9H7ClN2OS. The minimum absolute atomic E-state index is 0.578. The molecule has 1 N–H and O–H groups in total. The Morgan fingerprint density at radius 3 is 3.07 bits per heavy atom. The number of halogens is 1. The van der Waals surface area contributed by atoms with Gasteiger partial charge in [0.15, 0.2) is 0 Å². The first kappa shape index (κ1) is 9.43. The minimum Gasteiger partial charge on any atom is -0.312 e. The molecule has 0 fully saturated rings. The van der Waals surface area contributed by atoms with Crippen molar-refractivity contribution < 1.29 is 4.79 Å². The molecule has 5 heteroatoms. The first-order chi connectivity index (χ1) is 6.65. The fourth-order valence-corrected chi connectivity index (χ4v) is 2.21. The number of nitrogens with one attached hydrogen (secondary N) is 1. The number of carbonyl (C=O) groups is 1. The lowest BCUT2D eigenvalue weighted by Gasteiger charge is -1.98. The Bertz CT molecular complexity index is 495. The summed E-state index contributed by atoms with van der Waals surface area (Å²) in [6, 6.07) is 5.50. The van der Waals surface area contributed by atoms with E-state index >= 15 is 0 Å². The molecule has 0 aliphatic rings. The lowest BCUT2D eigenvalue weighted by atomic mass is 10.3. The molecule has 1 aromatic heterocycles. The molecular weight excluding hydrogens is 220 g/mol. The van der Waals surface area contributed by atoms with Crippen molar-refractivity contribution in [3.05, 3.63) is 23.2 Å².